The van der Waals surface area contributed by atoms with Gasteiger partial charge in [0.25, 0.3) is 0 Å². The monoisotopic (exact) mass is 614 g/mol. The predicted octanol–water partition coefficient (Wildman–Crippen LogP) is -0.498. The molecule has 0 radical (unpaired) electrons. The summed E-state index contributed by atoms with van der Waals surface area (Å²) in [4.78, 5) is 37.3. The Morgan fingerprint density at radius 3 is 2.69 bits per heavy atom. The molecule has 2 amide bonds. The number of likely N-dealkylation sites (N-methyl/N-ethyl adjacent to an activating group) is 1. The lowest BCUT2D eigenvalue weighted by Crippen LogP contribution is -2.46. The van der Waals surface area contributed by atoms with Gasteiger partial charge in [-0.2, -0.15) is 0 Å². The van der Waals surface area contributed by atoms with Crippen LogP contribution in [-0.4, -0.2) is 96.2 Å². The largest absolute Gasteiger partial charge is 0.387 e. The number of amides is 2. The van der Waals surface area contributed by atoms with Crippen LogP contribution in [0.1, 0.15) is 22.9 Å². The summed E-state index contributed by atoms with van der Waals surface area (Å²) in [5.41, 5.74) is 9.41. The summed E-state index contributed by atoms with van der Waals surface area (Å²) in [6, 6.07) is 16.5. The summed E-state index contributed by atoms with van der Waals surface area (Å²) in [5, 5.41) is 37.5. The second kappa shape index (κ2) is 14.2. The third-order valence-corrected chi connectivity index (χ3v) is 7.39. The van der Waals surface area contributed by atoms with Crippen molar-refractivity contribution in [3.8, 4) is 11.8 Å². The molecule has 0 aliphatic carbocycles. The highest BCUT2D eigenvalue weighted by Crippen LogP contribution is 2.34. The molecule has 1 unspecified atom stereocenters. The van der Waals surface area contributed by atoms with Gasteiger partial charge in [0.2, 0.25) is 12.3 Å². The number of aromatic nitrogens is 4. The van der Waals surface area contributed by atoms with Crippen LogP contribution in [0.3, 0.4) is 0 Å². The van der Waals surface area contributed by atoms with Gasteiger partial charge in [-0.15, -0.1) is 0 Å². The number of fused-ring (bicyclic) bond motifs is 1. The summed E-state index contributed by atoms with van der Waals surface area (Å²) in [6.07, 6.45) is -3.16. The lowest BCUT2D eigenvalue weighted by atomic mass is 10.1. The van der Waals surface area contributed by atoms with Crippen molar-refractivity contribution in [3.63, 3.8) is 0 Å². The van der Waals surface area contributed by atoms with Gasteiger partial charge in [-0.1, -0.05) is 54.3 Å². The van der Waals surface area contributed by atoms with E-state index >= 15 is 0 Å². The molecule has 1 aliphatic heterocycles. The second-order valence-electron chi connectivity index (χ2n) is 10.6. The first kappa shape index (κ1) is 31.5. The van der Waals surface area contributed by atoms with Crippen molar-refractivity contribution in [3.05, 3.63) is 83.9 Å². The number of nitrogens with zero attached hydrogens (tertiary/aromatic N) is 5. The van der Waals surface area contributed by atoms with Crippen molar-refractivity contribution in [1.29, 1.82) is 0 Å². The molecule has 0 bridgehead atoms. The Balaban J connectivity index is 1.19. The molecular weight excluding hydrogens is 580 g/mol. The molecule has 14 heteroatoms. The highest BCUT2D eigenvalue weighted by atomic mass is 16.6. The third-order valence-electron chi connectivity index (χ3n) is 7.39. The average Bonchev–Trinajstić information content (AvgIpc) is 3.62. The van der Waals surface area contributed by atoms with Crippen LogP contribution < -0.4 is 16.4 Å². The molecular formula is C31H34N8O6. The first-order chi connectivity index (χ1) is 21.8. The molecule has 14 nitrogen and oxygen atoms in total. The number of aliphatic hydroxyl groups is 3. The van der Waals surface area contributed by atoms with Crippen LogP contribution in [0.4, 0.5) is 5.82 Å². The fraction of sp³-hybridized carbons (Fsp3) is 0.323. The number of benzene rings is 2. The molecule has 5 rings (SSSR count). The van der Waals surface area contributed by atoms with Crippen molar-refractivity contribution >= 4 is 29.3 Å². The first-order valence-corrected chi connectivity index (χ1v) is 14.2. The molecule has 0 spiro atoms. The van der Waals surface area contributed by atoms with E-state index in [1.54, 1.807) is 0 Å². The maximum absolute atomic E-state index is 12.3. The number of hydrogen-bond donors (Lipinski definition) is 6. The van der Waals surface area contributed by atoms with Gasteiger partial charge in [0.05, 0.1) is 18.9 Å². The Morgan fingerprint density at radius 1 is 1.13 bits per heavy atom. The summed E-state index contributed by atoms with van der Waals surface area (Å²) in [5.74, 6) is 6.16. The number of ether oxygens (including phenoxy) is 1. The molecule has 6 atom stereocenters. The maximum atomic E-state index is 12.3. The fourth-order valence-electron chi connectivity index (χ4n) is 4.94. The number of aliphatic hydroxyl groups excluding tert-OH is 3. The summed E-state index contributed by atoms with van der Waals surface area (Å²) < 4.78 is 7.18. The minimum Gasteiger partial charge on any atom is -0.387 e. The van der Waals surface area contributed by atoms with E-state index in [-0.39, 0.29) is 12.5 Å². The van der Waals surface area contributed by atoms with E-state index in [4.69, 9.17) is 10.5 Å². The second-order valence-corrected chi connectivity index (χ2v) is 10.6. The molecule has 1 saturated heterocycles. The zero-order valence-corrected chi connectivity index (χ0v) is 24.4. The molecule has 0 saturated carbocycles. The molecule has 1 aliphatic rings. The van der Waals surface area contributed by atoms with Crippen molar-refractivity contribution in [2.75, 3.05) is 18.9 Å². The Morgan fingerprint density at radius 2 is 1.91 bits per heavy atom. The smallest absolute Gasteiger partial charge is 0.238 e. The standard InChI is InChI=1S/C31H34N8O6/c1-38(18-40)30(44)26-24(41)25(42)31(45-26)39-17-37-23-27(35-16-36-28(23)39)34-15-21-10-5-9-19(13-21)11-6-12-33-29(43)22(32)14-20-7-3-2-4-8-20/h2-5,7-10,13,16-18,22,24-26,30-31,41-42,44H,12,14-15,32H2,1H3,(H,33,43)(H,34,35,36)/t22-,24-,25+,26-,30?,31+/m0/s1. The van der Waals surface area contributed by atoms with Gasteiger partial charge >= 0.3 is 0 Å². The summed E-state index contributed by atoms with van der Waals surface area (Å²) in [6.45, 7) is 0.544. The predicted molar refractivity (Wildman–Crippen MR) is 163 cm³/mol. The molecule has 3 heterocycles. The minimum absolute atomic E-state index is 0.162. The Kier molecular flexibility index (Phi) is 9.98. The summed E-state index contributed by atoms with van der Waals surface area (Å²) in [7, 11) is 1.33. The molecule has 234 valence electrons. The SMILES string of the molecule is CN(C=O)C(O)[C@H]1O[C@@H](n2cnc3c(NCc4cccc(C#CCNC(=O)[C@@H](N)Cc5ccccc5)c4)ncnc32)[C@H](O)[C@@H]1O. The van der Waals surface area contributed by atoms with E-state index in [1.807, 2.05) is 54.6 Å². The quantitative estimate of drug-likeness (QED) is 0.0723. The van der Waals surface area contributed by atoms with Gasteiger partial charge in [-0.05, 0) is 29.7 Å². The van der Waals surface area contributed by atoms with Gasteiger partial charge in [0.1, 0.15) is 24.6 Å². The number of carbonyl (C=O) groups is 2. The van der Waals surface area contributed by atoms with E-state index in [0.717, 1.165) is 21.6 Å². The van der Waals surface area contributed by atoms with E-state index in [0.29, 0.717) is 36.4 Å². The van der Waals surface area contributed by atoms with Gasteiger partial charge in [0, 0.05) is 19.2 Å². The molecule has 2 aromatic carbocycles. The van der Waals surface area contributed by atoms with Crippen LogP contribution >= 0.6 is 0 Å². The molecule has 45 heavy (non-hydrogen) atoms. The summed E-state index contributed by atoms with van der Waals surface area (Å²) >= 11 is 0. The maximum Gasteiger partial charge on any atom is 0.238 e. The van der Waals surface area contributed by atoms with Crippen LogP contribution in [-0.2, 0) is 27.3 Å². The number of hydrogen-bond acceptors (Lipinski definition) is 11. The molecule has 1 fully saturated rings. The Hall–Kier alpha value is -4.91. The van der Waals surface area contributed by atoms with E-state index in [2.05, 4.69) is 37.4 Å². The molecule has 7 N–H and O–H groups in total. The lowest BCUT2D eigenvalue weighted by molar-refractivity contribution is -0.149. The van der Waals surface area contributed by atoms with Gasteiger partial charge < -0.3 is 41.3 Å². The lowest BCUT2D eigenvalue weighted by Gasteiger charge is -2.26. The van der Waals surface area contributed by atoms with Crippen molar-refractivity contribution in [1.82, 2.24) is 29.7 Å². The first-order valence-electron chi connectivity index (χ1n) is 14.2. The van der Waals surface area contributed by atoms with Crippen LogP contribution in [0.5, 0.6) is 0 Å². The highest BCUT2D eigenvalue weighted by Gasteiger charge is 2.48. The minimum atomic E-state index is -1.47. The molecule has 4 aromatic rings. The molecule has 2 aromatic heterocycles. The van der Waals surface area contributed by atoms with Crippen LogP contribution in [0.15, 0.2) is 67.3 Å². The number of carbonyl (C=O) groups excluding carboxylic acids is 2. The Labute approximate surface area is 258 Å². The van der Waals surface area contributed by atoms with Crippen LogP contribution in [0.2, 0.25) is 0 Å². The van der Waals surface area contributed by atoms with Gasteiger partial charge in [-0.25, -0.2) is 15.0 Å². The number of anilines is 1. The number of nitrogens with two attached hydrogens (primary N) is 1. The van der Waals surface area contributed by atoms with Crippen molar-refractivity contribution in [2.45, 2.75) is 49.8 Å². The van der Waals surface area contributed by atoms with E-state index in [1.165, 1.54) is 24.3 Å². The number of rotatable bonds is 11. The van der Waals surface area contributed by atoms with E-state index < -0.39 is 36.8 Å². The third kappa shape index (κ3) is 7.26. The Bertz CT molecular complexity index is 1690. The zero-order valence-electron chi connectivity index (χ0n) is 24.4. The fourth-order valence-corrected chi connectivity index (χ4v) is 4.94. The average molecular weight is 615 g/mol. The topological polar surface area (TPSA) is 201 Å². The number of nitrogens with one attached hydrogen (secondary N) is 2. The van der Waals surface area contributed by atoms with Gasteiger partial charge in [0.15, 0.2) is 29.4 Å². The van der Waals surface area contributed by atoms with Crippen LogP contribution in [0, 0.1) is 11.8 Å². The number of imidazole rings is 1. The zero-order chi connectivity index (χ0) is 31.9. The normalized spacial score (nSPS) is 20.6. The van der Waals surface area contributed by atoms with Crippen molar-refractivity contribution in [2.24, 2.45) is 5.73 Å². The van der Waals surface area contributed by atoms with Crippen molar-refractivity contribution < 1.29 is 29.6 Å². The van der Waals surface area contributed by atoms with Crippen LogP contribution in [0.25, 0.3) is 11.2 Å². The van der Waals surface area contributed by atoms with E-state index in [9.17, 15) is 24.9 Å². The highest BCUT2D eigenvalue weighted by molar-refractivity contribution is 5.83. The van der Waals surface area contributed by atoms with Gasteiger partial charge in [-0.3, -0.25) is 14.2 Å².